The van der Waals surface area contributed by atoms with Crippen molar-refractivity contribution in [1.29, 1.82) is 0 Å². The fraction of sp³-hybridized carbons (Fsp3) is 0.684. The van der Waals surface area contributed by atoms with Gasteiger partial charge in [0.2, 0.25) is 0 Å². The molecule has 23 heavy (non-hydrogen) atoms. The Morgan fingerprint density at radius 1 is 1.43 bits per heavy atom. The number of fused-ring (bicyclic) bond motifs is 2. The molecular weight excluding hydrogens is 291 g/mol. The third kappa shape index (κ3) is 2.87. The van der Waals surface area contributed by atoms with Gasteiger partial charge in [-0.15, -0.1) is 0 Å². The first-order valence-electron chi connectivity index (χ1n) is 9.04. The number of benzene rings is 1. The van der Waals surface area contributed by atoms with Gasteiger partial charge in [0.1, 0.15) is 5.82 Å². The normalized spacial score (nSPS) is 27.8. The third-order valence-corrected chi connectivity index (χ3v) is 6.13. The maximum Gasteiger partial charge on any atom is 0.123 e. The summed E-state index contributed by atoms with van der Waals surface area (Å²) in [7, 11) is 0. The molecule has 4 rings (SSSR count). The third-order valence-electron chi connectivity index (χ3n) is 6.13. The molecule has 0 aromatic heterocycles. The Balaban J connectivity index is 0.00000169. The molecule has 1 spiro atoms. The molecule has 3 aliphatic rings. The van der Waals surface area contributed by atoms with Crippen LogP contribution in [0.1, 0.15) is 39.6 Å². The Labute approximate surface area is 139 Å². The van der Waals surface area contributed by atoms with Crippen LogP contribution in [0.25, 0.3) is 0 Å². The second-order valence-corrected chi connectivity index (χ2v) is 7.65. The van der Waals surface area contributed by atoms with Crippen LogP contribution in [-0.4, -0.2) is 43.8 Å². The van der Waals surface area contributed by atoms with Crippen molar-refractivity contribution in [3.63, 3.8) is 0 Å². The van der Waals surface area contributed by atoms with Gasteiger partial charge in [0, 0.05) is 32.2 Å². The molecule has 2 saturated heterocycles. The predicted molar refractivity (Wildman–Crippen MR) is 92.5 cm³/mol. The molecule has 1 aromatic carbocycles. The first-order valence-corrected chi connectivity index (χ1v) is 9.04. The smallest absolute Gasteiger partial charge is 0.123 e. The fourth-order valence-corrected chi connectivity index (χ4v) is 4.65. The summed E-state index contributed by atoms with van der Waals surface area (Å²) in [4.78, 5) is 2.58. The van der Waals surface area contributed by atoms with Gasteiger partial charge in [-0.3, -0.25) is 0 Å². The van der Waals surface area contributed by atoms with Crippen molar-refractivity contribution in [2.75, 3.05) is 38.1 Å². The second-order valence-electron chi connectivity index (χ2n) is 7.65. The Morgan fingerprint density at radius 2 is 2.26 bits per heavy atom. The monoisotopic (exact) mass is 320 g/mol. The first-order chi connectivity index (χ1) is 11.2. The van der Waals surface area contributed by atoms with Gasteiger partial charge < -0.3 is 15.0 Å². The van der Waals surface area contributed by atoms with Crippen molar-refractivity contribution in [3.8, 4) is 0 Å². The van der Waals surface area contributed by atoms with Gasteiger partial charge in [0.25, 0.3) is 0 Å². The summed E-state index contributed by atoms with van der Waals surface area (Å²) >= 11 is 0. The highest BCUT2D eigenvalue weighted by Crippen LogP contribution is 2.44. The lowest BCUT2D eigenvalue weighted by atomic mass is 9.74. The van der Waals surface area contributed by atoms with E-state index in [-0.39, 0.29) is 12.7 Å². The number of nitrogens with one attached hydrogen (secondary N) is 1. The van der Waals surface area contributed by atoms with Crippen molar-refractivity contribution in [2.45, 2.75) is 44.1 Å². The zero-order valence-electron chi connectivity index (χ0n) is 14.0. The maximum atomic E-state index is 13.7. The van der Waals surface area contributed by atoms with Crippen molar-refractivity contribution in [3.05, 3.63) is 29.6 Å². The number of piperidine rings is 1. The van der Waals surface area contributed by atoms with Crippen LogP contribution in [0.2, 0.25) is 0 Å². The molecule has 0 saturated carbocycles. The highest BCUT2D eigenvalue weighted by molar-refractivity contribution is 5.60. The van der Waals surface area contributed by atoms with E-state index >= 15 is 0 Å². The van der Waals surface area contributed by atoms with E-state index in [0.717, 1.165) is 51.3 Å². The summed E-state index contributed by atoms with van der Waals surface area (Å²) in [5.74, 6) is 0.499. The lowest BCUT2D eigenvalue weighted by Gasteiger charge is -2.40. The van der Waals surface area contributed by atoms with Gasteiger partial charge in [0.15, 0.2) is 0 Å². The van der Waals surface area contributed by atoms with E-state index in [1.165, 1.54) is 18.4 Å². The lowest BCUT2D eigenvalue weighted by Crippen LogP contribution is -2.46. The molecule has 3 heterocycles. The van der Waals surface area contributed by atoms with Crippen LogP contribution in [0, 0.1) is 11.7 Å². The summed E-state index contributed by atoms with van der Waals surface area (Å²) in [5, 5.41) is 3.48. The average Bonchev–Trinajstić information content (AvgIpc) is 3.20. The van der Waals surface area contributed by atoms with E-state index in [9.17, 15) is 4.39 Å². The van der Waals surface area contributed by atoms with Crippen molar-refractivity contribution < 1.29 is 10.6 Å². The van der Waals surface area contributed by atoms with E-state index in [0.29, 0.717) is 12.0 Å². The number of anilines is 1. The summed E-state index contributed by atoms with van der Waals surface area (Å²) in [5.41, 5.74) is 2.47. The Kier molecular flexibility index (Phi) is 4.06. The molecule has 128 valence electrons. The summed E-state index contributed by atoms with van der Waals surface area (Å²) < 4.78 is 19.5. The molecule has 1 aromatic rings. The minimum atomic E-state index is -0.110. The number of nitrogens with zero attached hydrogens (tertiary/aromatic N) is 1. The fourth-order valence-electron chi connectivity index (χ4n) is 4.65. The van der Waals surface area contributed by atoms with Gasteiger partial charge >= 0.3 is 0 Å². The summed E-state index contributed by atoms with van der Waals surface area (Å²) in [6.07, 6.45) is 5.12. The van der Waals surface area contributed by atoms with Gasteiger partial charge in [0.05, 0.1) is 6.10 Å². The standard InChI is InChI=1S/C19H27FN2O.H2/c1-14(18-3-2-10-23-18)12-22-8-6-19(7-9-22)13-21-17-5-4-15(20)11-16(17)19;/h4-5,11,14,18,21H,2-3,6-10,12-13H2,1H3;1H/t14-,18+;/m0./s1. The van der Waals surface area contributed by atoms with Crippen LogP contribution in [0.15, 0.2) is 18.2 Å². The number of likely N-dealkylation sites (tertiary alicyclic amines) is 1. The Hall–Kier alpha value is -1.13. The zero-order chi connectivity index (χ0) is 15.9. The van der Waals surface area contributed by atoms with Crippen LogP contribution >= 0.6 is 0 Å². The molecule has 0 aliphatic carbocycles. The second kappa shape index (κ2) is 6.06. The van der Waals surface area contributed by atoms with Crippen LogP contribution in [0.4, 0.5) is 10.1 Å². The molecular formula is C19H29FN2O. The molecule has 2 atom stereocenters. The molecule has 0 unspecified atom stereocenters. The molecule has 0 bridgehead atoms. The van der Waals surface area contributed by atoms with E-state index in [2.05, 4.69) is 17.1 Å². The van der Waals surface area contributed by atoms with Crippen LogP contribution < -0.4 is 5.32 Å². The number of hydrogen-bond acceptors (Lipinski definition) is 3. The number of halogens is 1. The molecule has 3 nitrogen and oxygen atoms in total. The van der Waals surface area contributed by atoms with E-state index < -0.39 is 0 Å². The molecule has 0 radical (unpaired) electrons. The summed E-state index contributed by atoms with van der Waals surface area (Å²) in [6, 6.07) is 5.20. The number of ether oxygens (including phenoxy) is 1. The molecule has 4 heteroatoms. The van der Waals surface area contributed by atoms with E-state index in [1.807, 2.05) is 6.07 Å². The van der Waals surface area contributed by atoms with Gasteiger partial charge in [-0.25, -0.2) is 4.39 Å². The van der Waals surface area contributed by atoms with Crippen LogP contribution in [0.5, 0.6) is 0 Å². The quantitative estimate of drug-likeness (QED) is 0.920. The summed E-state index contributed by atoms with van der Waals surface area (Å²) in [6.45, 7) is 7.56. The van der Waals surface area contributed by atoms with E-state index in [4.69, 9.17) is 4.74 Å². The topological polar surface area (TPSA) is 24.5 Å². The minimum absolute atomic E-state index is 0. The first kappa shape index (κ1) is 15.4. The lowest BCUT2D eigenvalue weighted by molar-refractivity contribution is 0.0444. The minimum Gasteiger partial charge on any atom is -0.384 e. The molecule has 2 fully saturated rings. The molecule has 1 N–H and O–H groups in total. The Bertz CT molecular complexity index is 568. The predicted octanol–water partition coefficient (Wildman–Crippen LogP) is 3.65. The van der Waals surface area contributed by atoms with Crippen LogP contribution in [-0.2, 0) is 10.2 Å². The van der Waals surface area contributed by atoms with Crippen molar-refractivity contribution in [1.82, 2.24) is 4.90 Å². The number of hydrogen-bond donors (Lipinski definition) is 1. The Morgan fingerprint density at radius 3 is 3.00 bits per heavy atom. The van der Waals surface area contributed by atoms with Crippen LogP contribution in [0.3, 0.4) is 0 Å². The van der Waals surface area contributed by atoms with Crippen molar-refractivity contribution >= 4 is 5.69 Å². The SMILES string of the molecule is C[C@@H](CN1CCC2(CC1)CNc1ccc(F)cc12)[C@H]1CCCO1.[HH]. The molecule has 3 aliphatic heterocycles. The van der Waals surface area contributed by atoms with Gasteiger partial charge in [-0.05, 0) is 68.5 Å². The highest BCUT2D eigenvalue weighted by Gasteiger charge is 2.41. The average molecular weight is 320 g/mol. The number of rotatable bonds is 3. The maximum absolute atomic E-state index is 13.7. The molecule has 0 amide bonds. The highest BCUT2D eigenvalue weighted by atomic mass is 19.1. The van der Waals surface area contributed by atoms with Crippen molar-refractivity contribution in [2.24, 2.45) is 5.92 Å². The van der Waals surface area contributed by atoms with E-state index in [1.54, 1.807) is 12.1 Å². The van der Waals surface area contributed by atoms with Gasteiger partial charge in [-0.2, -0.15) is 0 Å². The largest absolute Gasteiger partial charge is 0.384 e. The van der Waals surface area contributed by atoms with Gasteiger partial charge in [-0.1, -0.05) is 6.92 Å². The zero-order valence-corrected chi connectivity index (χ0v) is 14.0.